The van der Waals surface area contributed by atoms with Crippen molar-refractivity contribution in [1.29, 1.82) is 0 Å². The van der Waals surface area contributed by atoms with Crippen molar-refractivity contribution < 1.29 is 27.7 Å². The van der Waals surface area contributed by atoms with Gasteiger partial charge in [-0.15, -0.1) is 0 Å². The van der Waals surface area contributed by atoms with Crippen LogP contribution in [-0.4, -0.2) is 72.2 Å². The molecule has 0 spiro atoms. The molecule has 12 nitrogen and oxygen atoms in total. The number of rotatable bonds is 6. The number of ether oxygens (including phenoxy) is 1. The van der Waals surface area contributed by atoms with Gasteiger partial charge in [-0.3, -0.25) is 19.7 Å². The van der Waals surface area contributed by atoms with E-state index in [1.807, 2.05) is 0 Å². The van der Waals surface area contributed by atoms with Crippen molar-refractivity contribution in [3.63, 3.8) is 0 Å². The van der Waals surface area contributed by atoms with Gasteiger partial charge in [-0.25, -0.2) is 13.2 Å². The molecule has 0 unspecified atom stereocenters. The number of sulfonamides is 1. The number of H-pyrrole nitrogens is 1. The molecule has 0 atom stereocenters. The summed E-state index contributed by atoms with van der Waals surface area (Å²) in [6, 6.07) is 3.32. The standard InChI is InChI=1S/C18H20N4O8S2/c1-3-30-16(24)13-8-12(9-14(10-13)22(26)27)15(23)20-4-6-21(7-5-20)32(28,29)17-11(2)19-18(25)31-17/h8-10H,3-7H2,1-2H3,(H,19,25). The normalized spacial score (nSPS) is 14.9. The number of carbonyl (C=O) groups is 2. The number of hydrogen-bond acceptors (Lipinski definition) is 9. The second kappa shape index (κ2) is 9.18. The Morgan fingerprint density at radius 3 is 2.34 bits per heavy atom. The van der Waals surface area contributed by atoms with Gasteiger partial charge in [0.05, 0.1) is 17.1 Å². The Kier molecular flexibility index (Phi) is 6.76. The minimum Gasteiger partial charge on any atom is -0.462 e. The summed E-state index contributed by atoms with van der Waals surface area (Å²) in [5.74, 6) is -1.36. The van der Waals surface area contributed by atoms with Gasteiger partial charge >= 0.3 is 10.8 Å². The number of esters is 1. The summed E-state index contributed by atoms with van der Waals surface area (Å²) in [6.07, 6.45) is 0. The molecule has 1 saturated heterocycles. The van der Waals surface area contributed by atoms with E-state index in [0.29, 0.717) is 11.3 Å². The van der Waals surface area contributed by atoms with E-state index in [1.54, 1.807) is 6.92 Å². The van der Waals surface area contributed by atoms with Crippen LogP contribution >= 0.6 is 11.3 Å². The molecule has 32 heavy (non-hydrogen) atoms. The van der Waals surface area contributed by atoms with E-state index in [0.717, 1.165) is 12.1 Å². The van der Waals surface area contributed by atoms with E-state index in [9.17, 15) is 32.9 Å². The fraction of sp³-hybridized carbons (Fsp3) is 0.389. The Balaban J connectivity index is 1.79. The van der Waals surface area contributed by atoms with E-state index < -0.39 is 37.4 Å². The predicted octanol–water partition coefficient (Wildman–Crippen LogP) is 0.976. The van der Waals surface area contributed by atoms with Crippen molar-refractivity contribution in [2.75, 3.05) is 32.8 Å². The van der Waals surface area contributed by atoms with Gasteiger partial charge in [0.2, 0.25) is 0 Å². The molecule has 1 fully saturated rings. The highest BCUT2D eigenvalue weighted by atomic mass is 32.2. The summed E-state index contributed by atoms with van der Waals surface area (Å²) in [5, 5.41) is 11.2. The minimum absolute atomic E-state index is 0.0146. The van der Waals surface area contributed by atoms with Gasteiger partial charge in [0.1, 0.15) is 0 Å². The molecule has 0 bridgehead atoms. The Morgan fingerprint density at radius 1 is 1.19 bits per heavy atom. The zero-order valence-corrected chi connectivity index (χ0v) is 18.8. The molecular formula is C18H20N4O8S2. The minimum atomic E-state index is -3.90. The van der Waals surface area contributed by atoms with Gasteiger partial charge in [-0.2, -0.15) is 4.31 Å². The Morgan fingerprint density at radius 2 is 1.81 bits per heavy atom. The number of hydrogen-bond donors (Lipinski definition) is 1. The SMILES string of the molecule is CCOC(=O)c1cc(C(=O)N2CCN(S(=O)(=O)c3sc(=O)[nH]c3C)CC2)cc([N+](=O)[O-])c1. The molecule has 1 amide bonds. The topological polar surface area (TPSA) is 160 Å². The first-order valence-corrected chi connectivity index (χ1v) is 11.8. The van der Waals surface area contributed by atoms with Crippen LogP contribution in [0, 0.1) is 17.0 Å². The number of thiazole rings is 1. The highest BCUT2D eigenvalue weighted by Gasteiger charge is 2.33. The zero-order valence-electron chi connectivity index (χ0n) is 17.2. The average molecular weight is 485 g/mol. The maximum Gasteiger partial charge on any atom is 0.338 e. The molecule has 172 valence electrons. The average Bonchev–Trinajstić information content (AvgIpc) is 3.11. The van der Waals surface area contributed by atoms with Crippen LogP contribution in [0.2, 0.25) is 0 Å². The third-order valence-corrected chi connectivity index (χ3v) is 8.25. The summed E-state index contributed by atoms with van der Waals surface area (Å²) in [5.41, 5.74) is -0.374. The maximum absolute atomic E-state index is 12.9. The van der Waals surface area contributed by atoms with Gasteiger partial charge in [-0.1, -0.05) is 11.3 Å². The summed E-state index contributed by atoms with van der Waals surface area (Å²) in [4.78, 5) is 50.3. The maximum atomic E-state index is 12.9. The summed E-state index contributed by atoms with van der Waals surface area (Å²) in [7, 11) is -3.90. The number of aryl methyl sites for hydroxylation is 1. The first-order valence-electron chi connectivity index (χ1n) is 9.50. The smallest absolute Gasteiger partial charge is 0.338 e. The van der Waals surface area contributed by atoms with Gasteiger partial charge in [0.25, 0.3) is 21.6 Å². The van der Waals surface area contributed by atoms with Crippen LogP contribution in [-0.2, 0) is 14.8 Å². The Labute approximate surface area is 186 Å². The second-order valence-electron chi connectivity index (χ2n) is 6.87. The molecule has 3 rings (SSSR count). The monoisotopic (exact) mass is 484 g/mol. The largest absolute Gasteiger partial charge is 0.462 e. The second-order valence-corrected chi connectivity index (χ2v) is 9.99. The third-order valence-electron chi connectivity index (χ3n) is 4.77. The zero-order chi connectivity index (χ0) is 23.6. The van der Waals surface area contributed by atoms with E-state index in [4.69, 9.17) is 4.74 Å². The first-order chi connectivity index (χ1) is 15.0. The number of nitrogens with one attached hydrogen (secondary N) is 1. The van der Waals surface area contributed by atoms with E-state index in [-0.39, 0.29) is 53.8 Å². The number of aromatic amines is 1. The summed E-state index contributed by atoms with van der Waals surface area (Å²) in [6.45, 7) is 3.19. The molecule has 1 aromatic heterocycles. The van der Waals surface area contributed by atoms with Crippen LogP contribution < -0.4 is 4.87 Å². The molecule has 1 aromatic carbocycles. The fourth-order valence-electron chi connectivity index (χ4n) is 3.24. The number of nitrogens with zero attached hydrogens (tertiary/aromatic N) is 3. The lowest BCUT2D eigenvalue weighted by Gasteiger charge is -2.33. The number of amides is 1. The van der Waals surface area contributed by atoms with Crippen LogP contribution in [0.5, 0.6) is 0 Å². The van der Waals surface area contributed by atoms with Gasteiger partial charge in [0.15, 0.2) is 4.21 Å². The molecular weight excluding hydrogens is 464 g/mol. The van der Waals surface area contributed by atoms with E-state index in [1.165, 1.54) is 22.2 Å². The lowest BCUT2D eigenvalue weighted by atomic mass is 10.1. The number of piperazine rings is 1. The Bertz CT molecular complexity index is 1230. The highest BCUT2D eigenvalue weighted by molar-refractivity contribution is 7.91. The van der Waals surface area contributed by atoms with Crippen LogP contribution in [0.25, 0.3) is 0 Å². The number of aromatic nitrogens is 1. The highest BCUT2D eigenvalue weighted by Crippen LogP contribution is 2.24. The van der Waals surface area contributed by atoms with E-state index >= 15 is 0 Å². The van der Waals surface area contributed by atoms with Crippen LogP contribution in [0.15, 0.2) is 27.2 Å². The van der Waals surface area contributed by atoms with Crippen LogP contribution in [0.3, 0.4) is 0 Å². The van der Waals surface area contributed by atoms with Crippen molar-refractivity contribution in [3.05, 3.63) is 54.8 Å². The molecule has 0 saturated carbocycles. The number of non-ortho nitro benzene ring substituents is 1. The van der Waals surface area contributed by atoms with Crippen molar-refractivity contribution in [2.24, 2.45) is 0 Å². The fourth-order valence-corrected chi connectivity index (χ4v) is 6.10. The van der Waals surface area contributed by atoms with E-state index in [2.05, 4.69) is 4.98 Å². The summed E-state index contributed by atoms with van der Waals surface area (Å²) < 4.78 is 31.6. The quantitative estimate of drug-likeness (QED) is 0.361. The molecule has 0 radical (unpaired) electrons. The molecule has 0 aliphatic carbocycles. The van der Waals surface area contributed by atoms with Gasteiger partial charge in [0, 0.05) is 49.6 Å². The van der Waals surface area contributed by atoms with Crippen molar-refractivity contribution in [1.82, 2.24) is 14.2 Å². The van der Waals surface area contributed by atoms with Crippen molar-refractivity contribution in [3.8, 4) is 0 Å². The number of nitro groups is 1. The van der Waals surface area contributed by atoms with Crippen LogP contribution in [0.4, 0.5) is 5.69 Å². The molecule has 1 aliphatic rings. The Hall–Kier alpha value is -3.10. The number of carbonyl (C=O) groups excluding carboxylic acids is 2. The number of benzene rings is 1. The number of nitro benzene ring substituents is 1. The molecule has 1 N–H and O–H groups in total. The molecule has 1 aliphatic heterocycles. The van der Waals surface area contributed by atoms with Crippen LogP contribution in [0.1, 0.15) is 33.3 Å². The van der Waals surface area contributed by atoms with Crippen molar-refractivity contribution >= 4 is 38.9 Å². The van der Waals surface area contributed by atoms with Crippen molar-refractivity contribution in [2.45, 2.75) is 18.1 Å². The summed E-state index contributed by atoms with van der Waals surface area (Å²) >= 11 is 0.603. The lowest BCUT2D eigenvalue weighted by molar-refractivity contribution is -0.384. The predicted molar refractivity (Wildman–Crippen MR) is 113 cm³/mol. The lowest BCUT2D eigenvalue weighted by Crippen LogP contribution is -2.50. The third kappa shape index (κ3) is 4.71. The first kappa shape index (κ1) is 23.6. The van der Waals surface area contributed by atoms with Gasteiger partial charge < -0.3 is 14.6 Å². The molecule has 14 heteroatoms. The molecule has 2 aromatic rings. The van der Waals surface area contributed by atoms with Gasteiger partial charge in [-0.05, 0) is 19.9 Å². The molecule has 2 heterocycles.